The van der Waals surface area contributed by atoms with Crippen LogP contribution in [0.15, 0.2) is 29.3 Å². The zero-order valence-corrected chi connectivity index (χ0v) is 17.0. The average Bonchev–Trinajstić information content (AvgIpc) is 2.61. The number of rotatable bonds is 7. The van der Waals surface area contributed by atoms with E-state index in [0.717, 1.165) is 57.5 Å². The lowest BCUT2D eigenvalue weighted by Crippen LogP contribution is -2.44. The van der Waals surface area contributed by atoms with Crippen molar-refractivity contribution < 1.29 is 9.53 Å². The van der Waals surface area contributed by atoms with E-state index in [9.17, 15) is 4.79 Å². The number of hydrogen-bond donors (Lipinski definition) is 3. The fourth-order valence-corrected chi connectivity index (χ4v) is 2.49. The van der Waals surface area contributed by atoms with Gasteiger partial charge in [-0.2, -0.15) is 0 Å². The number of aliphatic imine (C=N–C) groups is 1. The van der Waals surface area contributed by atoms with Crippen molar-refractivity contribution in [1.29, 1.82) is 0 Å². The third-order valence-corrected chi connectivity index (χ3v) is 3.80. The smallest absolute Gasteiger partial charge is 0.248 e. The van der Waals surface area contributed by atoms with Gasteiger partial charge in [0.2, 0.25) is 5.91 Å². The van der Waals surface area contributed by atoms with Crippen molar-refractivity contribution in [3.8, 4) is 0 Å². The predicted octanol–water partition coefficient (Wildman–Crippen LogP) is 0.791. The largest absolute Gasteiger partial charge is 0.379 e. The predicted molar refractivity (Wildman–Crippen MR) is 110 cm³/mol. The van der Waals surface area contributed by atoms with Crippen molar-refractivity contribution in [3.05, 3.63) is 35.4 Å². The Labute approximate surface area is 166 Å². The van der Waals surface area contributed by atoms with E-state index in [0.29, 0.717) is 12.1 Å². The highest BCUT2D eigenvalue weighted by Crippen LogP contribution is 2.06. The highest BCUT2D eigenvalue weighted by molar-refractivity contribution is 14.0. The number of carbonyl (C=O) groups is 1. The summed E-state index contributed by atoms with van der Waals surface area (Å²) in [7, 11) is 0. The van der Waals surface area contributed by atoms with Crippen LogP contribution >= 0.6 is 24.0 Å². The standard InChI is InChI=1S/C17H27N5O2.HI/c1-2-19-17(20-6-7-22-8-10-24-11-9-22)21-13-14-4-3-5-15(12-14)16(18)23;/h3-5,12H,2,6-11,13H2,1H3,(H2,18,23)(H2,19,20,21);1H. The average molecular weight is 461 g/mol. The van der Waals surface area contributed by atoms with Gasteiger partial charge in [-0.05, 0) is 24.6 Å². The molecule has 2 rings (SSSR count). The number of carbonyl (C=O) groups excluding carboxylic acids is 1. The van der Waals surface area contributed by atoms with Crippen LogP contribution in [0.1, 0.15) is 22.8 Å². The number of nitrogens with zero attached hydrogens (tertiary/aromatic N) is 2. The Hall–Kier alpha value is -1.39. The fourth-order valence-electron chi connectivity index (χ4n) is 2.49. The molecule has 4 N–H and O–H groups in total. The van der Waals surface area contributed by atoms with Crippen LogP contribution in [0.2, 0.25) is 0 Å². The molecular weight excluding hydrogens is 433 g/mol. The number of guanidine groups is 1. The summed E-state index contributed by atoms with van der Waals surface area (Å²) >= 11 is 0. The summed E-state index contributed by atoms with van der Waals surface area (Å²) in [6.45, 7) is 8.70. The van der Waals surface area contributed by atoms with Crippen LogP contribution in [-0.2, 0) is 11.3 Å². The first-order valence-corrected chi connectivity index (χ1v) is 8.40. The molecule has 25 heavy (non-hydrogen) atoms. The van der Waals surface area contributed by atoms with E-state index < -0.39 is 5.91 Å². The lowest BCUT2D eigenvalue weighted by Gasteiger charge is -2.26. The van der Waals surface area contributed by atoms with E-state index in [1.165, 1.54) is 0 Å². The summed E-state index contributed by atoms with van der Waals surface area (Å²) in [4.78, 5) is 18.2. The molecule has 0 aromatic heterocycles. The minimum absolute atomic E-state index is 0. The first kappa shape index (κ1) is 21.7. The molecule has 140 valence electrons. The van der Waals surface area contributed by atoms with Crippen LogP contribution in [0, 0.1) is 0 Å². The number of benzene rings is 1. The molecule has 8 heteroatoms. The van der Waals surface area contributed by atoms with Gasteiger partial charge in [0.1, 0.15) is 0 Å². The van der Waals surface area contributed by atoms with Crippen LogP contribution in [0.25, 0.3) is 0 Å². The molecule has 0 aliphatic carbocycles. The van der Waals surface area contributed by atoms with Crippen molar-refractivity contribution in [2.24, 2.45) is 10.7 Å². The summed E-state index contributed by atoms with van der Waals surface area (Å²) in [6, 6.07) is 7.25. The van der Waals surface area contributed by atoms with Crippen molar-refractivity contribution in [1.82, 2.24) is 15.5 Å². The van der Waals surface area contributed by atoms with Crippen LogP contribution in [0.5, 0.6) is 0 Å². The van der Waals surface area contributed by atoms with Crippen LogP contribution in [-0.4, -0.2) is 62.7 Å². The van der Waals surface area contributed by atoms with Crippen LogP contribution < -0.4 is 16.4 Å². The number of primary amides is 1. The maximum Gasteiger partial charge on any atom is 0.248 e. The van der Waals surface area contributed by atoms with E-state index >= 15 is 0 Å². The molecule has 0 radical (unpaired) electrons. The Balaban J connectivity index is 0.00000312. The van der Waals surface area contributed by atoms with Crippen molar-refractivity contribution in [2.45, 2.75) is 13.5 Å². The van der Waals surface area contributed by atoms with E-state index in [1.807, 2.05) is 19.1 Å². The van der Waals surface area contributed by atoms with Gasteiger partial charge < -0.3 is 21.1 Å². The molecule has 0 bridgehead atoms. The number of ether oxygens (including phenoxy) is 1. The van der Waals surface area contributed by atoms with Gasteiger partial charge in [0, 0.05) is 38.3 Å². The first-order valence-electron chi connectivity index (χ1n) is 8.40. The summed E-state index contributed by atoms with van der Waals surface area (Å²) in [6.07, 6.45) is 0. The summed E-state index contributed by atoms with van der Waals surface area (Å²) in [5.74, 6) is 0.353. The number of nitrogens with one attached hydrogen (secondary N) is 2. The molecule has 1 aliphatic heterocycles. The second-order valence-corrected chi connectivity index (χ2v) is 5.64. The Morgan fingerprint density at radius 1 is 1.32 bits per heavy atom. The molecule has 1 heterocycles. The maximum atomic E-state index is 11.2. The van der Waals surface area contributed by atoms with Crippen LogP contribution in [0.4, 0.5) is 0 Å². The quantitative estimate of drug-likeness (QED) is 0.317. The number of halogens is 1. The number of amides is 1. The third-order valence-electron chi connectivity index (χ3n) is 3.80. The molecular formula is C17H28IN5O2. The van der Waals surface area contributed by atoms with Gasteiger partial charge in [-0.25, -0.2) is 4.99 Å². The molecule has 1 amide bonds. The highest BCUT2D eigenvalue weighted by atomic mass is 127. The van der Waals surface area contributed by atoms with Gasteiger partial charge in [0.05, 0.1) is 19.8 Å². The minimum Gasteiger partial charge on any atom is -0.379 e. The maximum absolute atomic E-state index is 11.2. The topological polar surface area (TPSA) is 92.0 Å². The highest BCUT2D eigenvalue weighted by Gasteiger charge is 2.09. The van der Waals surface area contributed by atoms with Gasteiger partial charge in [-0.15, -0.1) is 24.0 Å². The molecule has 1 fully saturated rings. The molecule has 0 atom stereocenters. The van der Waals surface area contributed by atoms with E-state index in [1.54, 1.807) is 12.1 Å². The number of nitrogens with two attached hydrogens (primary N) is 1. The van der Waals surface area contributed by atoms with Gasteiger partial charge >= 0.3 is 0 Å². The molecule has 0 saturated carbocycles. The monoisotopic (exact) mass is 461 g/mol. The van der Waals surface area contributed by atoms with Gasteiger partial charge in [0.15, 0.2) is 5.96 Å². The molecule has 1 aromatic rings. The summed E-state index contributed by atoms with van der Waals surface area (Å²) in [5, 5.41) is 6.57. The molecule has 1 saturated heterocycles. The number of morpholine rings is 1. The fraction of sp³-hybridized carbons (Fsp3) is 0.529. The van der Waals surface area contributed by atoms with Crippen molar-refractivity contribution >= 4 is 35.8 Å². The van der Waals surface area contributed by atoms with E-state index in [-0.39, 0.29) is 24.0 Å². The molecule has 0 spiro atoms. The molecule has 1 aromatic carbocycles. The Morgan fingerprint density at radius 3 is 2.76 bits per heavy atom. The third kappa shape index (κ3) is 8.02. The van der Waals surface area contributed by atoms with Crippen molar-refractivity contribution in [3.63, 3.8) is 0 Å². The molecule has 0 unspecified atom stereocenters. The lowest BCUT2D eigenvalue weighted by atomic mass is 10.1. The summed E-state index contributed by atoms with van der Waals surface area (Å²) < 4.78 is 5.35. The lowest BCUT2D eigenvalue weighted by molar-refractivity contribution is 0.0389. The zero-order chi connectivity index (χ0) is 17.2. The first-order chi connectivity index (χ1) is 11.7. The van der Waals surface area contributed by atoms with Gasteiger partial charge in [-0.1, -0.05) is 12.1 Å². The van der Waals surface area contributed by atoms with Gasteiger partial charge in [-0.3, -0.25) is 9.69 Å². The Bertz CT molecular complexity index is 562. The second-order valence-electron chi connectivity index (χ2n) is 5.64. The van der Waals surface area contributed by atoms with Crippen molar-refractivity contribution in [2.75, 3.05) is 45.9 Å². The molecule has 1 aliphatic rings. The van der Waals surface area contributed by atoms with E-state index in [4.69, 9.17) is 10.5 Å². The second kappa shape index (κ2) is 12.0. The minimum atomic E-state index is -0.420. The van der Waals surface area contributed by atoms with Crippen LogP contribution in [0.3, 0.4) is 0 Å². The van der Waals surface area contributed by atoms with E-state index in [2.05, 4.69) is 20.5 Å². The SMILES string of the molecule is CCNC(=NCc1cccc(C(N)=O)c1)NCCN1CCOCC1.I. The number of hydrogen-bond acceptors (Lipinski definition) is 4. The molecule has 7 nitrogen and oxygen atoms in total. The normalized spacial score (nSPS) is 15.3. The zero-order valence-electron chi connectivity index (χ0n) is 14.7. The summed E-state index contributed by atoms with van der Waals surface area (Å²) in [5.41, 5.74) is 6.77. The van der Waals surface area contributed by atoms with Gasteiger partial charge in [0.25, 0.3) is 0 Å². The Morgan fingerprint density at radius 2 is 2.08 bits per heavy atom. The Kier molecular flexibility index (Phi) is 10.4.